The van der Waals surface area contributed by atoms with Gasteiger partial charge in [-0.25, -0.2) is 21.6 Å². The molecular weight excluding hydrogens is 516 g/mol. The van der Waals surface area contributed by atoms with Crippen molar-refractivity contribution in [3.05, 3.63) is 29.6 Å². The van der Waals surface area contributed by atoms with Gasteiger partial charge in [0.2, 0.25) is 11.8 Å². The topological polar surface area (TPSA) is 95.9 Å². The smallest absolute Gasteiger partial charge is 0.349 e. The molecule has 3 atom stereocenters. The molecule has 198 valence electrons. The van der Waals surface area contributed by atoms with Gasteiger partial charge in [-0.15, -0.1) is 0 Å². The zero-order chi connectivity index (χ0) is 26.7. The largest absolute Gasteiger partial charge is 0.417 e. The number of hydrogen-bond acceptors (Lipinski definition) is 5. The van der Waals surface area contributed by atoms with Gasteiger partial charge in [0, 0.05) is 0 Å². The number of likely N-dealkylation sites (tertiary alicyclic amines) is 1. The summed E-state index contributed by atoms with van der Waals surface area (Å²) in [5, 5.41) is 1.13. The van der Waals surface area contributed by atoms with Gasteiger partial charge in [-0.05, 0) is 50.6 Å². The maximum atomic E-state index is 13.5. The van der Waals surface area contributed by atoms with Crippen LogP contribution >= 0.6 is 0 Å². The van der Waals surface area contributed by atoms with Crippen LogP contribution in [-0.2, 0) is 25.6 Å². The van der Waals surface area contributed by atoms with Gasteiger partial charge in [-0.2, -0.15) is 13.2 Å². The number of rotatable bonds is 7. The van der Waals surface area contributed by atoms with E-state index in [-0.39, 0.29) is 12.6 Å². The fraction of sp³-hybridized carbons (Fsp3) is 0.591. The SMILES string of the molecule is C=NCC1(NC(=O)C2CC(S(=O)(=O)c3ccc(F)cc3C(F)(F)F)CC2C(=O)N2CC(F)(F)C2)CC1. The van der Waals surface area contributed by atoms with Crippen LogP contribution in [0.5, 0.6) is 0 Å². The Bertz CT molecular complexity index is 1190. The minimum atomic E-state index is -5.19. The second-order valence-electron chi connectivity index (χ2n) is 9.69. The number of benzene rings is 1. The molecule has 3 unspecified atom stereocenters. The monoisotopic (exact) mass is 539 g/mol. The Kier molecular flexibility index (Phi) is 6.41. The van der Waals surface area contributed by atoms with E-state index in [9.17, 15) is 44.3 Å². The maximum absolute atomic E-state index is 13.5. The molecule has 7 nitrogen and oxygen atoms in total. The number of amides is 2. The second-order valence-corrected chi connectivity index (χ2v) is 11.9. The molecule has 3 aliphatic rings. The molecule has 2 amide bonds. The number of carbonyl (C=O) groups is 2. The molecule has 0 spiro atoms. The van der Waals surface area contributed by atoms with Crippen LogP contribution in [0, 0.1) is 17.7 Å². The molecule has 4 rings (SSSR count). The number of aliphatic imine (C=N–C) groups is 1. The molecule has 1 saturated heterocycles. The van der Waals surface area contributed by atoms with E-state index in [0.29, 0.717) is 25.0 Å². The number of alkyl halides is 5. The van der Waals surface area contributed by atoms with E-state index >= 15 is 0 Å². The van der Waals surface area contributed by atoms with E-state index in [0.717, 1.165) is 4.90 Å². The summed E-state index contributed by atoms with van der Waals surface area (Å²) in [6.45, 7) is 1.76. The van der Waals surface area contributed by atoms with Gasteiger partial charge in [0.1, 0.15) is 5.82 Å². The summed E-state index contributed by atoms with van der Waals surface area (Å²) >= 11 is 0. The molecule has 2 aliphatic carbocycles. The van der Waals surface area contributed by atoms with Crippen LogP contribution < -0.4 is 5.32 Å². The van der Waals surface area contributed by atoms with Crippen molar-refractivity contribution >= 4 is 28.4 Å². The first kappa shape index (κ1) is 26.4. The normalized spacial score (nSPS) is 26.7. The fourth-order valence-corrected chi connectivity index (χ4v) is 6.92. The summed E-state index contributed by atoms with van der Waals surface area (Å²) in [6.07, 6.45) is -5.10. The quantitative estimate of drug-likeness (QED) is 0.328. The Morgan fingerprint density at radius 2 is 1.75 bits per heavy atom. The average molecular weight is 539 g/mol. The Morgan fingerprint density at radius 3 is 2.28 bits per heavy atom. The third kappa shape index (κ3) is 4.96. The summed E-state index contributed by atoms with van der Waals surface area (Å²) < 4.78 is 107. The molecule has 0 bridgehead atoms. The third-order valence-corrected chi connectivity index (χ3v) is 9.21. The van der Waals surface area contributed by atoms with E-state index in [1.807, 2.05) is 0 Å². The Labute approximate surface area is 202 Å². The van der Waals surface area contributed by atoms with Crippen LogP contribution in [0.1, 0.15) is 31.2 Å². The lowest BCUT2D eigenvalue weighted by molar-refractivity contribution is -0.171. The molecule has 0 aromatic heterocycles. The summed E-state index contributed by atoms with van der Waals surface area (Å²) in [7, 11) is -4.79. The molecule has 0 radical (unpaired) electrons. The van der Waals surface area contributed by atoms with Crippen LogP contribution in [-0.4, -0.2) is 68.2 Å². The van der Waals surface area contributed by atoms with E-state index in [1.165, 1.54) is 0 Å². The molecule has 3 fully saturated rings. The predicted octanol–water partition coefficient (Wildman–Crippen LogP) is 2.84. The second kappa shape index (κ2) is 8.73. The number of carbonyl (C=O) groups excluding carboxylic acids is 2. The van der Waals surface area contributed by atoms with Crippen molar-refractivity contribution in [2.75, 3.05) is 19.6 Å². The number of nitrogens with zero attached hydrogens (tertiary/aromatic N) is 2. The van der Waals surface area contributed by atoms with Gasteiger partial charge < -0.3 is 10.2 Å². The van der Waals surface area contributed by atoms with Crippen molar-refractivity contribution in [2.24, 2.45) is 16.8 Å². The first-order valence-corrected chi connectivity index (χ1v) is 12.6. The standard InChI is InChI=1S/C22H23F6N3O4S/c1-29-9-20(4-5-20)30-18(32)14-7-13(8-15(14)19(33)31-10-21(24,25)11-31)36(34,35)17-3-2-12(23)6-16(17)22(26,27)28/h2-3,6,13-15H,1,4-5,7-11H2,(H,30,32). The highest BCUT2D eigenvalue weighted by atomic mass is 32.2. The Morgan fingerprint density at radius 1 is 1.14 bits per heavy atom. The minimum absolute atomic E-state index is 0.0654. The molecule has 1 aromatic carbocycles. The molecule has 2 saturated carbocycles. The Hall–Kier alpha value is -2.64. The van der Waals surface area contributed by atoms with Crippen molar-refractivity contribution in [2.45, 2.75) is 53.5 Å². The maximum Gasteiger partial charge on any atom is 0.417 e. The first-order valence-electron chi connectivity index (χ1n) is 11.1. The van der Waals surface area contributed by atoms with Crippen LogP contribution in [0.25, 0.3) is 0 Å². The highest BCUT2D eigenvalue weighted by Crippen LogP contribution is 2.45. The molecule has 36 heavy (non-hydrogen) atoms. The number of halogens is 6. The predicted molar refractivity (Wildman–Crippen MR) is 115 cm³/mol. The van der Waals surface area contributed by atoms with Gasteiger partial charge >= 0.3 is 6.18 Å². The van der Waals surface area contributed by atoms with Crippen molar-refractivity contribution in [3.63, 3.8) is 0 Å². The van der Waals surface area contributed by atoms with Gasteiger partial charge in [0.05, 0.1) is 52.7 Å². The van der Waals surface area contributed by atoms with Crippen molar-refractivity contribution in [3.8, 4) is 0 Å². The van der Waals surface area contributed by atoms with Crippen LogP contribution in [0.15, 0.2) is 28.1 Å². The zero-order valence-electron chi connectivity index (χ0n) is 18.8. The van der Waals surface area contributed by atoms with Crippen LogP contribution in [0.2, 0.25) is 0 Å². The number of nitrogens with one attached hydrogen (secondary N) is 1. The van der Waals surface area contributed by atoms with Crippen molar-refractivity contribution < 1.29 is 44.3 Å². The van der Waals surface area contributed by atoms with E-state index in [2.05, 4.69) is 17.0 Å². The third-order valence-electron chi connectivity index (χ3n) is 6.98. The molecule has 14 heteroatoms. The summed E-state index contributed by atoms with van der Waals surface area (Å²) in [6, 6.07) is 1.14. The summed E-state index contributed by atoms with van der Waals surface area (Å²) in [4.78, 5) is 29.5. The summed E-state index contributed by atoms with van der Waals surface area (Å²) in [5.41, 5.74) is -2.40. The van der Waals surface area contributed by atoms with Crippen LogP contribution in [0.3, 0.4) is 0 Å². The molecule has 1 N–H and O–H groups in total. The minimum Gasteiger partial charge on any atom is -0.349 e. The van der Waals surface area contributed by atoms with E-state index in [1.54, 1.807) is 0 Å². The molecule has 1 heterocycles. The highest BCUT2D eigenvalue weighted by Gasteiger charge is 2.55. The lowest BCUT2D eigenvalue weighted by Gasteiger charge is -2.40. The van der Waals surface area contributed by atoms with E-state index in [4.69, 9.17) is 0 Å². The number of hydrogen-bond donors (Lipinski definition) is 1. The lowest BCUT2D eigenvalue weighted by Crippen LogP contribution is -2.60. The lowest BCUT2D eigenvalue weighted by atomic mass is 9.92. The Balaban J connectivity index is 1.65. The highest BCUT2D eigenvalue weighted by molar-refractivity contribution is 7.92. The van der Waals surface area contributed by atoms with Crippen LogP contribution in [0.4, 0.5) is 26.3 Å². The van der Waals surface area contributed by atoms with Crippen molar-refractivity contribution in [1.29, 1.82) is 0 Å². The average Bonchev–Trinajstić information content (AvgIpc) is 3.33. The zero-order valence-corrected chi connectivity index (χ0v) is 19.6. The van der Waals surface area contributed by atoms with Gasteiger partial charge in [0.25, 0.3) is 5.92 Å². The molecule has 1 aromatic rings. The van der Waals surface area contributed by atoms with Gasteiger partial charge in [0.15, 0.2) is 9.84 Å². The molecule has 1 aliphatic heterocycles. The number of sulfone groups is 1. The molecular formula is C22H23F6N3O4S. The fourth-order valence-electron chi connectivity index (χ4n) is 4.90. The van der Waals surface area contributed by atoms with Crippen molar-refractivity contribution in [1.82, 2.24) is 10.2 Å². The van der Waals surface area contributed by atoms with Gasteiger partial charge in [-0.3, -0.25) is 14.6 Å². The van der Waals surface area contributed by atoms with E-state index < -0.39 is 98.6 Å². The van der Waals surface area contributed by atoms with Gasteiger partial charge in [-0.1, -0.05) is 0 Å². The first-order chi connectivity index (χ1) is 16.6. The summed E-state index contributed by atoms with van der Waals surface area (Å²) in [5.74, 6) is -8.56.